The van der Waals surface area contributed by atoms with Crippen LogP contribution in [0.2, 0.25) is 0 Å². The number of benzene rings is 1. The van der Waals surface area contributed by atoms with E-state index >= 15 is 4.39 Å². The van der Waals surface area contributed by atoms with Crippen LogP contribution in [0.15, 0.2) is 18.2 Å². The van der Waals surface area contributed by atoms with Crippen molar-refractivity contribution in [2.45, 2.75) is 108 Å². The molecule has 1 aromatic rings. The first-order valence-corrected chi connectivity index (χ1v) is 13.3. The Labute approximate surface area is 193 Å². The summed E-state index contributed by atoms with van der Waals surface area (Å²) in [6, 6.07) is 6.19. The quantitative estimate of drug-likeness (QED) is 0.485. The summed E-state index contributed by atoms with van der Waals surface area (Å²) in [6.45, 7) is 4.38. The summed E-state index contributed by atoms with van der Waals surface area (Å²) < 4.78 is 32.7. The van der Waals surface area contributed by atoms with Crippen LogP contribution >= 0.6 is 0 Å². The molecule has 3 nitrogen and oxygen atoms in total. The Balaban J connectivity index is 1.12. The lowest BCUT2D eigenvalue weighted by atomic mass is 9.69. The van der Waals surface area contributed by atoms with Crippen molar-refractivity contribution in [3.05, 3.63) is 35.1 Å². The summed E-state index contributed by atoms with van der Waals surface area (Å²) in [7, 11) is 0. The molecule has 1 spiro atoms. The standard InChI is InChI=1S/C28H41FO3/c1-2-30-25-10-7-21(8-11-25)24-9-12-26(27(29)19-24)23-5-3-20(4-6-23)22-13-15-28(16-14-22)31-17-18-32-28/h9,12,19-23,25H,2-8,10-11,13-18H2,1H3. The maximum Gasteiger partial charge on any atom is 0.168 e. The normalized spacial score (nSPS) is 33.6. The average Bonchev–Trinajstić information content (AvgIpc) is 3.28. The van der Waals surface area contributed by atoms with E-state index in [2.05, 4.69) is 19.1 Å². The van der Waals surface area contributed by atoms with Crippen LogP contribution in [0.25, 0.3) is 0 Å². The van der Waals surface area contributed by atoms with Gasteiger partial charge in [0.15, 0.2) is 5.79 Å². The molecule has 1 aromatic carbocycles. The number of halogens is 1. The van der Waals surface area contributed by atoms with Gasteiger partial charge in [0.1, 0.15) is 5.82 Å². The van der Waals surface area contributed by atoms with Crippen LogP contribution in [-0.4, -0.2) is 31.7 Å². The van der Waals surface area contributed by atoms with E-state index in [1.54, 1.807) is 0 Å². The number of hydrogen-bond donors (Lipinski definition) is 0. The third-order valence-corrected chi connectivity index (χ3v) is 9.06. The second kappa shape index (κ2) is 10.1. The van der Waals surface area contributed by atoms with Crippen molar-refractivity contribution in [1.82, 2.24) is 0 Å². The van der Waals surface area contributed by atoms with Crippen molar-refractivity contribution in [2.24, 2.45) is 11.8 Å². The number of hydrogen-bond acceptors (Lipinski definition) is 3. The van der Waals surface area contributed by atoms with Crippen LogP contribution in [0.4, 0.5) is 4.39 Å². The molecule has 178 valence electrons. The van der Waals surface area contributed by atoms with Crippen molar-refractivity contribution < 1.29 is 18.6 Å². The Hall–Kier alpha value is -0.970. The van der Waals surface area contributed by atoms with Gasteiger partial charge in [-0.25, -0.2) is 4.39 Å². The molecular weight excluding hydrogens is 403 g/mol. The lowest BCUT2D eigenvalue weighted by molar-refractivity contribution is -0.185. The van der Waals surface area contributed by atoms with Gasteiger partial charge in [-0.15, -0.1) is 0 Å². The summed E-state index contributed by atoms with van der Waals surface area (Å²) in [6.07, 6.45) is 14.2. The fourth-order valence-electron chi connectivity index (χ4n) is 7.17. The number of ether oxygens (including phenoxy) is 3. The molecule has 4 fully saturated rings. The minimum absolute atomic E-state index is 0.0352. The van der Waals surface area contributed by atoms with Gasteiger partial charge in [-0.2, -0.15) is 0 Å². The Morgan fingerprint density at radius 1 is 0.844 bits per heavy atom. The predicted octanol–water partition coefficient (Wildman–Crippen LogP) is 7.10. The van der Waals surface area contributed by atoms with E-state index in [-0.39, 0.29) is 11.6 Å². The number of rotatable bonds is 5. The highest BCUT2D eigenvalue weighted by Gasteiger charge is 2.42. The first-order chi connectivity index (χ1) is 15.7. The Bertz CT molecular complexity index is 733. The fourth-order valence-corrected chi connectivity index (χ4v) is 7.17. The maximum atomic E-state index is 15.2. The minimum atomic E-state index is -0.249. The molecule has 3 saturated carbocycles. The van der Waals surface area contributed by atoms with Gasteiger partial charge in [-0.1, -0.05) is 12.1 Å². The summed E-state index contributed by atoms with van der Waals surface area (Å²) in [5.41, 5.74) is 2.16. The molecule has 0 amide bonds. The molecule has 0 aromatic heterocycles. The molecule has 32 heavy (non-hydrogen) atoms. The van der Waals surface area contributed by atoms with E-state index in [1.807, 2.05) is 6.07 Å². The summed E-state index contributed by atoms with van der Waals surface area (Å²) >= 11 is 0. The van der Waals surface area contributed by atoms with Crippen molar-refractivity contribution in [2.75, 3.05) is 19.8 Å². The highest BCUT2D eigenvalue weighted by Crippen LogP contribution is 2.47. The Kier molecular flexibility index (Phi) is 7.21. The van der Waals surface area contributed by atoms with E-state index in [1.165, 1.54) is 31.2 Å². The van der Waals surface area contributed by atoms with Crippen molar-refractivity contribution in [3.63, 3.8) is 0 Å². The molecule has 0 unspecified atom stereocenters. The van der Waals surface area contributed by atoms with Crippen LogP contribution in [0, 0.1) is 17.7 Å². The van der Waals surface area contributed by atoms with Gasteiger partial charge in [0.25, 0.3) is 0 Å². The zero-order valence-electron chi connectivity index (χ0n) is 19.8. The van der Waals surface area contributed by atoms with Gasteiger partial charge in [-0.05, 0) is 112 Å². The van der Waals surface area contributed by atoms with Gasteiger partial charge in [0.05, 0.1) is 19.3 Å². The summed E-state index contributed by atoms with van der Waals surface area (Å²) in [5, 5.41) is 0. The fraction of sp³-hybridized carbons (Fsp3) is 0.786. The first kappa shape index (κ1) is 22.8. The second-order valence-corrected chi connectivity index (χ2v) is 10.8. The van der Waals surface area contributed by atoms with Crippen LogP contribution in [-0.2, 0) is 14.2 Å². The van der Waals surface area contributed by atoms with Gasteiger partial charge in [0, 0.05) is 19.4 Å². The van der Waals surface area contributed by atoms with Gasteiger partial charge >= 0.3 is 0 Å². The highest BCUT2D eigenvalue weighted by molar-refractivity contribution is 5.30. The zero-order chi connectivity index (χ0) is 22.0. The molecule has 0 radical (unpaired) electrons. The van der Waals surface area contributed by atoms with Gasteiger partial charge in [0.2, 0.25) is 0 Å². The van der Waals surface area contributed by atoms with E-state index in [0.29, 0.717) is 17.9 Å². The maximum absolute atomic E-state index is 15.2. The molecule has 1 heterocycles. The monoisotopic (exact) mass is 444 g/mol. The lowest BCUT2D eigenvalue weighted by Gasteiger charge is -2.41. The molecule has 4 heteroatoms. The smallest absolute Gasteiger partial charge is 0.168 e. The first-order valence-electron chi connectivity index (χ1n) is 13.3. The molecule has 5 rings (SSSR count). The summed E-state index contributed by atoms with van der Waals surface area (Å²) in [5.74, 6) is 2.27. The van der Waals surface area contributed by atoms with Gasteiger partial charge in [-0.3, -0.25) is 0 Å². The topological polar surface area (TPSA) is 27.7 Å². The van der Waals surface area contributed by atoms with Crippen molar-refractivity contribution in [3.8, 4) is 0 Å². The van der Waals surface area contributed by atoms with Crippen molar-refractivity contribution >= 4 is 0 Å². The third kappa shape index (κ3) is 4.93. The van der Waals surface area contributed by atoms with Crippen LogP contribution in [0.3, 0.4) is 0 Å². The molecule has 4 aliphatic rings. The molecular formula is C28H41FO3. The lowest BCUT2D eigenvalue weighted by Crippen LogP contribution is -2.37. The highest BCUT2D eigenvalue weighted by atomic mass is 19.1. The third-order valence-electron chi connectivity index (χ3n) is 9.06. The molecule has 0 atom stereocenters. The molecule has 0 bridgehead atoms. The summed E-state index contributed by atoms with van der Waals surface area (Å²) in [4.78, 5) is 0. The molecule has 0 N–H and O–H groups in total. The zero-order valence-corrected chi connectivity index (χ0v) is 19.8. The molecule has 3 aliphatic carbocycles. The molecule has 1 saturated heterocycles. The Morgan fingerprint density at radius 2 is 1.47 bits per heavy atom. The average molecular weight is 445 g/mol. The SMILES string of the molecule is CCOC1CCC(c2ccc(C3CCC(C4CCC5(CC4)OCCO5)CC3)c(F)c2)CC1. The largest absolute Gasteiger partial charge is 0.379 e. The molecule has 1 aliphatic heterocycles. The predicted molar refractivity (Wildman–Crippen MR) is 124 cm³/mol. The van der Waals surface area contributed by atoms with E-state index < -0.39 is 0 Å². The van der Waals surface area contributed by atoms with Gasteiger partial charge < -0.3 is 14.2 Å². The van der Waals surface area contributed by atoms with E-state index in [9.17, 15) is 0 Å². The van der Waals surface area contributed by atoms with E-state index in [4.69, 9.17) is 14.2 Å². The van der Waals surface area contributed by atoms with Crippen LogP contribution in [0.1, 0.15) is 107 Å². The Morgan fingerprint density at radius 3 is 2.09 bits per heavy atom. The van der Waals surface area contributed by atoms with Crippen molar-refractivity contribution in [1.29, 1.82) is 0 Å². The van der Waals surface area contributed by atoms with E-state index in [0.717, 1.165) is 88.6 Å². The van der Waals surface area contributed by atoms with Crippen LogP contribution < -0.4 is 0 Å². The minimum Gasteiger partial charge on any atom is -0.379 e. The van der Waals surface area contributed by atoms with Crippen LogP contribution in [0.5, 0.6) is 0 Å². The second-order valence-electron chi connectivity index (χ2n) is 10.8.